The van der Waals surface area contributed by atoms with Crippen molar-refractivity contribution < 1.29 is 4.79 Å². The number of rotatable bonds is 6. The number of benzene rings is 1. The van der Waals surface area contributed by atoms with Crippen molar-refractivity contribution in [2.45, 2.75) is 13.3 Å². The van der Waals surface area contributed by atoms with Gasteiger partial charge in [-0.25, -0.2) is 15.0 Å². The lowest BCUT2D eigenvalue weighted by atomic mass is 10.2. The first-order valence-electron chi connectivity index (χ1n) is 8.56. The summed E-state index contributed by atoms with van der Waals surface area (Å²) in [5.41, 5.74) is 8.69. The molecule has 0 saturated heterocycles. The van der Waals surface area contributed by atoms with E-state index in [2.05, 4.69) is 30.3 Å². The van der Waals surface area contributed by atoms with Crippen LogP contribution in [-0.4, -0.2) is 32.9 Å². The molecule has 0 atom stereocenters. The summed E-state index contributed by atoms with van der Waals surface area (Å²) >= 11 is 0. The summed E-state index contributed by atoms with van der Waals surface area (Å²) in [5, 5.41) is 3.07. The van der Waals surface area contributed by atoms with Crippen molar-refractivity contribution in [2.75, 3.05) is 5.32 Å². The van der Waals surface area contributed by atoms with Crippen LogP contribution in [0.3, 0.4) is 0 Å². The summed E-state index contributed by atoms with van der Waals surface area (Å²) in [5.74, 6) is -0.379. The monoisotopic (exact) mass is 373 g/mol. The number of aromatic nitrogens is 3. The predicted octanol–water partition coefficient (Wildman–Crippen LogP) is 3.21. The molecular formula is C20H19N7O. The fraction of sp³-hybridized carbons (Fsp3) is 0.100. The minimum atomic E-state index is -0.534. The lowest BCUT2D eigenvalue weighted by molar-refractivity contribution is 0.0998. The van der Waals surface area contributed by atoms with Crippen LogP contribution in [-0.2, 0) is 0 Å². The molecule has 0 aliphatic heterocycles. The number of nitrogens with zero attached hydrogens (tertiary/aromatic N) is 5. The van der Waals surface area contributed by atoms with Crippen molar-refractivity contribution in [3.63, 3.8) is 0 Å². The van der Waals surface area contributed by atoms with E-state index in [1.165, 1.54) is 6.33 Å². The van der Waals surface area contributed by atoms with Gasteiger partial charge >= 0.3 is 0 Å². The molecule has 0 spiro atoms. The molecule has 0 aliphatic rings. The molecule has 8 heteroatoms. The first-order valence-corrected chi connectivity index (χ1v) is 8.56. The molecule has 2 aromatic heterocycles. The third kappa shape index (κ3) is 5.28. The largest absolute Gasteiger partial charge is 0.387 e. The second-order valence-corrected chi connectivity index (χ2v) is 5.86. The fourth-order valence-electron chi connectivity index (χ4n) is 2.33. The first-order chi connectivity index (χ1) is 13.6. The molecule has 0 radical (unpaired) electrons. The van der Waals surface area contributed by atoms with Crippen LogP contribution in [0.1, 0.15) is 22.6 Å². The second-order valence-electron chi connectivity index (χ2n) is 5.86. The lowest BCUT2D eigenvalue weighted by Crippen LogP contribution is -2.16. The summed E-state index contributed by atoms with van der Waals surface area (Å²) in [6.07, 6.45) is 6.48. The molecule has 0 aliphatic carbocycles. The zero-order valence-electron chi connectivity index (χ0n) is 15.3. The van der Waals surface area contributed by atoms with Gasteiger partial charge in [0.1, 0.15) is 12.2 Å². The minimum absolute atomic E-state index is 0.155. The van der Waals surface area contributed by atoms with Gasteiger partial charge in [-0.1, -0.05) is 18.2 Å². The van der Waals surface area contributed by atoms with E-state index in [0.717, 1.165) is 5.69 Å². The molecule has 3 N–H and O–H groups in total. The summed E-state index contributed by atoms with van der Waals surface area (Å²) < 4.78 is 0. The summed E-state index contributed by atoms with van der Waals surface area (Å²) in [4.78, 5) is 33.0. The third-order valence-electron chi connectivity index (χ3n) is 3.62. The number of amides is 1. The van der Waals surface area contributed by atoms with Gasteiger partial charge < -0.3 is 11.1 Å². The van der Waals surface area contributed by atoms with Gasteiger partial charge in [0.15, 0.2) is 5.69 Å². The van der Waals surface area contributed by atoms with Crippen molar-refractivity contribution in [3.05, 3.63) is 72.6 Å². The Labute approximate surface area is 162 Å². The number of carbonyl (C=O) groups excluding carboxylic acids is 1. The molecule has 3 rings (SSSR count). The van der Waals surface area contributed by atoms with Crippen LogP contribution in [0.2, 0.25) is 0 Å². The van der Waals surface area contributed by atoms with Gasteiger partial charge in [0.2, 0.25) is 0 Å². The molecule has 1 aromatic carbocycles. The van der Waals surface area contributed by atoms with Crippen molar-refractivity contribution >= 4 is 35.0 Å². The topological polar surface area (TPSA) is 119 Å². The summed E-state index contributed by atoms with van der Waals surface area (Å²) in [6, 6.07) is 13.0. The highest BCUT2D eigenvalue weighted by atomic mass is 16.1. The minimum Gasteiger partial charge on any atom is -0.387 e. The van der Waals surface area contributed by atoms with E-state index < -0.39 is 5.91 Å². The van der Waals surface area contributed by atoms with Gasteiger partial charge in [-0.2, -0.15) is 4.99 Å². The summed E-state index contributed by atoms with van der Waals surface area (Å²) in [7, 11) is 0. The second kappa shape index (κ2) is 9.13. The molecule has 2 heterocycles. The predicted molar refractivity (Wildman–Crippen MR) is 109 cm³/mol. The number of hydrogen-bond acceptors (Lipinski definition) is 6. The van der Waals surface area contributed by atoms with Crippen molar-refractivity contribution in [3.8, 4) is 0 Å². The molecule has 3 aromatic rings. The highest BCUT2D eigenvalue weighted by Crippen LogP contribution is 2.20. The van der Waals surface area contributed by atoms with Crippen molar-refractivity contribution in [2.24, 2.45) is 15.7 Å². The number of hydrogen-bond donors (Lipinski definition) is 2. The van der Waals surface area contributed by atoms with Crippen LogP contribution in [0.25, 0.3) is 0 Å². The lowest BCUT2D eigenvalue weighted by Gasteiger charge is -2.09. The number of aryl methyl sites for hydroxylation is 1. The Hall–Kier alpha value is -3.94. The van der Waals surface area contributed by atoms with E-state index in [1.54, 1.807) is 37.7 Å². The molecule has 1 amide bonds. The van der Waals surface area contributed by atoms with Gasteiger partial charge in [0, 0.05) is 18.3 Å². The smallest absolute Gasteiger partial charge is 0.299 e. The zero-order chi connectivity index (χ0) is 19.8. The number of aliphatic imine (C=N–C) groups is 2. The molecule has 0 fully saturated rings. The molecule has 0 saturated carbocycles. The number of nitrogens with two attached hydrogens (primary N) is 1. The number of para-hydroxylation sites is 1. The maximum atomic E-state index is 12.6. The normalized spacial score (nSPS) is 11.5. The Kier molecular flexibility index (Phi) is 6.14. The maximum absolute atomic E-state index is 12.6. The first kappa shape index (κ1) is 18.8. The van der Waals surface area contributed by atoms with Gasteiger partial charge in [-0.05, 0) is 31.2 Å². The molecule has 0 unspecified atom stereocenters. The van der Waals surface area contributed by atoms with Crippen LogP contribution in [0.4, 0.5) is 17.1 Å². The Morgan fingerprint density at radius 3 is 2.64 bits per heavy atom. The number of amidine groups is 1. The fourth-order valence-corrected chi connectivity index (χ4v) is 2.33. The Balaban J connectivity index is 1.74. The highest BCUT2D eigenvalue weighted by Gasteiger charge is 2.14. The van der Waals surface area contributed by atoms with E-state index in [0.29, 0.717) is 17.1 Å². The van der Waals surface area contributed by atoms with Crippen LogP contribution >= 0.6 is 0 Å². The Morgan fingerprint density at radius 2 is 1.89 bits per heavy atom. The van der Waals surface area contributed by atoms with Crippen LogP contribution in [0.15, 0.2) is 71.2 Å². The number of carbonyl (C=O) groups is 1. The average molecular weight is 373 g/mol. The summed E-state index contributed by atoms with van der Waals surface area (Å²) in [6.45, 7) is 1.80. The van der Waals surface area contributed by atoms with Crippen molar-refractivity contribution in [1.29, 1.82) is 0 Å². The molecule has 140 valence electrons. The van der Waals surface area contributed by atoms with Crippen molar-refractivity contribution in [1.82, 2.24) is 15.0 Å². The van der Waals surface area contributed by atoms with E-state index in [9.17, 15) is 4.79 Å². The van der Waals surface area contributed by atoms with E-state index in [1.807, 2.05) is 30.3 Å². The van der Waals surface area contributed by atoms with Crippen LogP contribution < -0.4 is 11.1 Å². The maximum Gasteiger partial charge on any atom is 0.299 e. The van der Waals surface area contributed by atoms with E-state index >= 15 is 0 Å². The standard InChI is InChI=1S/C20H19N7O/c1-14-7-8-17(26-16-11-22-13-23-12-16)19(25-14)20(28)27-18(21)9-10-24-15-5-3-2-4-6-15/h2-8,10-13,26H,9H2,1H3,(H2,21,27,28). The average Bonchev–Trinajstić information content (AvgIpc) is 2.71. The third-order valence-corrected chi connectivity index (χ3v) is 3.62. The highest BCUT2D eigenvalue weighted by molar-refractivity contribution is 6.07. The van der Waals surface area contributed by atoms with E-state index in [4.69, 9.17) is 5.73 Å². The van der Waals surface area contributed by atoms with Gasteiger partial charge in [-0.15, -0.1) is 0 Å². The molecule has 28 heavy (non-hydrogen) atoms. The number of pyridine rings is 1. The Bertz CT molecular complexity index is 1000. The van der Waals surface area contributed by atoms with Crippen LogP contribution in [0.5, 0.6) is 0 Å². The number of anilines is 2. The van der Waals surface area contributed by atoms with Crippen LogP contribution in [0, 0.1) is 6.92 Å². The molecule has 8 nitrogen and oxygen atoms in total. The van der Waals surface area contributed by atoms with Gasteiger partial charge in [0.25, 0.3) is 5.91 Å². The molecular weight excluding hydrogens is 354 g/mol. The SMILES string of the molecule is Cc1ccc(Nc2cncnc2)c(C(=O)N=C(N)CC=Nc2ccccc2)n1. The Morgan fingerprint density at radius 1 is 1.14 bits per heavy atom. The molecule has 0 bridgehead atoms. The van der Waals surface area contributed by atoms with Gasteiger partial charge in [0.05, 0.1) is 29.5 Å². The zero-order valence-corrected chi connectivity index (χ0v) is 15.3. The van der Waals surface area contributed by atoms with E-state index in [-0.39, 0.29) is 18.0 Å². The quantitative estimate of drug-likeness (QED) is 0.506. The number of nitrogens with one attached hydrogen (secondary N) is 1. The van der Waals surface area contributed by atoms with Gasteiger partial charge in [-0.3, -0.25) is 9.79 Å².